The number of esters is 1. The van der Waals surface area contributed by atoms with Crippen LogP contribution < -0.4 is 0 Å². The van der Waals surface area contributed by atoms with Gasteiger partial charge in [0, 0.05) is 6.42 Å². The molecule has 0 radical (unpaired) electrons. The van der Waals surface area contributed by atoms with Crippen LogP contribution in [0, 0.1) is 0 Å². The second kappa shape index (κ2) is 5.14. The molecule has 0 saturated heterocycles. The highest BCUT2D eigenvalue weighted by molar-refractivity contribution is 9.09. The Morgan fingerprint density at radius 2 is 2.10 bits per heavy atom. The maximum atomic E-state index is 12.7. The van der Waals surface area contributed by atoms with Gasteiger partial charge in [0.1, 0.15) is 0 Å². The summed E-state index contributed by atoms with van der Waals surface area (Å²) in [5, 5.41) is 2.13. The van der Waals surface area contributed by atoms with Crippen LogP contribution in [-0.4, -0.2) is 22.7 Å². The fraction of sp³-hybridized carbons (Fsp3) is 0.200. The monoisotopic (exact) mass is 350 g/mol. The van der Waals surface area contributed by atoms with Gasteiger partial charge in [-0.05, 0) is 23.1 Å². The second-order valence-corrected chi connectivity index (χ2v) is 6.17. The molecule has 0 N–H and O–H groups in total. The molecular formula is C15H11BrO3S. The van der Waals surface area contributed by atoms with Gasteiger partial charge in [-0.2, -0.15) is 0 Å². The molecular weight excluding hydrogens is 340 g/mol. The molecule has 1 aromatic heterocycles. The molecule has 1 aromatic carbocycles. The Balaban J connectivity index is 2.04. The number of carbonyl (C=O) groups excluding carboxylic acids is 2. The van der Waals surface area contributed by atoms with E-state index in [0.29, 0.717) is 16.9 Å². The summed E-state index contributed by atoms with van der Waals surface area (Å²) in [6.45, 7) is 0. The van der Waals surface area contributed by atoms with Crippen molar-refractivity contribution < 1.29 is 14.3 Å². The smallest absolute Gasteiger partial charge is 0.339 e. The van der Waals surface area contributed by atoms with Gasteiger partial charge in [0.2, 0.25) is 5.78 Å². The van der Waals surface area contributed by atoms with E-state index in [9.17, 15) is 9.59 Å². The first kappa shape index (κ1) is 13.5. The summed E-state index contributed by atoms with van der Waals surface area (Å²) in [6.07, 6.45) is 0.400. The molecule has 2 heterocycles. The Kier molecular flexibility index (Phi) is 3.48. The molecule has 0 bridgehead atoms. The van der Waals surface area contributed by atoms with Crippen LogP contribution in [0.15, 0.2) is 41.8 Å². The molecule has 1 aliphatic rings. The average Bonchev–Trinajstić information content (AvgIpc) is 3.00. The summed E-state index contributed by atoms with van der Waals surface area (Å²) in [5.74, 6) is -0.580. The maximum absolute atomic E-state index is 12.7. The lowest BCUT2D eigenvalue weighted by molar-refractivity contribution is -0.00500. The molecule has 102 valence electrons. The summed E-state index contributed by atoms with van der Waals surface area (Å²) in [4.78, 5) is 25.4. The average molecular weight is 351 g/mol. The SMILES string of the molecule is O=C1O[C@](CBr)(C(=O)c2cccs2)Cc2ccccc21. The zero-order valence-electron chi connectivity index (χ0n) is 10.5. The van der Waals surface area contributed by atoms with Gasteiger partial charge in [-0.25, -0.2) is 4.79 Å². The largest absolute Gasteiger partial charge is 0.446 e. The van der Waals surface area contributed by atoms with Gasteiger partial charge < -0.3 is 4.74 Å². The van der Waals surface area contributed by atoms with Crippen molar-refractivity contribution in [2.45, 2.75) is 12.0 Å². The fourth-order valence-electron chi connectivity index (χ4n) is 2.34. The minimum absolute atomic E-state index is 0.146. The number of cyclic esters (lactones) is 1. The van der Waals surface area contributed by atoms with Crippen molar-refractivity contribution in [2.75, 3.05) is 5.33 Å². The van der Waals surface area contributed by atoms with Crippen LogP contribution in [0.1, 0.15) is 25.6 Å². The highest BCUT2D eigenvalue weighted by Gasteiger charge is 2.46. The Morgan fingerprint density at radius 1 is 1.30 bits per heavy atom. The van der Waals surface area contributed by atoms with Crippen LogP contribution >= 0.6 is 27.3 Å². The Hall–Kier alpha value is -1.46. The van der Waals surface area contributed by atoms with Gasteiger partial charge in [-0.15, -0.1) is 11.3 Å². The Labute approximate surface area is 128 Å². The number of benzene rings is 1. The van der Waals surface area contributed by atoms with Crippen LogP contribution in [0.3, 0.4) is 0 Å². The third-order valence-corrected chi connectivity index (χ3v) is 5.15. The van der Waals surface area contributed by atoms with Crippen LogP contribution in [0.25, 0.3) is 0 Å². The first-order valence-electron chi connectivity index (χ1n) is 6.12. The number of ketones is 1. The van der Waals surface area contributed by atoms with E-state index in [4.69, 9.17) is 4.74 Å². The lowest BCUT2D eigenvalue weighted by Gasteiger charge is -2.34. The second-order valence-electron chi connectivity index (χ2n) is 4.66. The van der Waals surface area contributed by atoms with Crippen LogP contribution in [0.2, 0.25) is 0 Å². The standard InChI is InChI=1S/C15H11BrO3S/c16-9-15(13(17)12-6-3-7-20-12)8-10-4-1-2-5-11(10)14(18)19-15/h1-7H,8-9H2/t15-/m1/s1. The number of alkyl halides is 1. The zero-order chi connectivity index (χ0) is 14.2. The van der Waals surface area contributed by atoms with Crippen molar-refractivity contribution in [3.63, 3.8) is 0 Å². The molecule has 3 nitrogen and oxygen atoms in total. The molecule has 0 unspecified atom stereocenters. The predicted octanol–water partition coefficient (Wildman–Crippen LogP) is 3.48. The number of hydrogen-bond donors (Lipinski definition) is 0. The molecule has 1 aliphatic heterocycles. The first-order valence-corrected chi connectivity index (χ1v) is 8.12. The molecule has 0 spiro atoms. The van der Waals surface area contributed by atoms with Gasteiger partial charge in [0.25, 0.3) is 0 Å². The van der Waals surface area contributed by atoms with Gasteiger partial charge in [-0.3, -0.25) is 4.79 Å². The summed E-state index contributed by atoms with van der Waals surface area (Å²) in [7, 11) is 0. The topological polar surface area (TPSA) is 43.4 Å². The third-order valence-electron chi connectivity index (χ3n) is 3.38. The van der Waals surface area contributed by atoms with E-state index >= 15 is 0 Å². The first-order chi connectivity index (χ1) is 9.66. The molecule has 5 heteroatoms. The molecule has 1 atom stereocenters. The number of fused-ring (bicyclic) bond motifs is 1. The van der Waals surface area contributed by atoms with E-state index in [0.717, 1.165) is 5.56 Å². The quantitative estimate of drug-likeness (QED) is 0.483. The molecule has 20 heavy (non-hydrogen) atoms. The van der Waals surface area contributed by atoms with E-state index in [2.05, 4.69) is 15.9 Å². The lowest BCUT2D eigenvalue weighted by Crippen LogP contribution is -2.49. The molecule has 2 aromatic rings. The number of ether oxygens (including phenoxy) is 1. The van der Waals surface area contributed by atoms with Crippen LogP contribution in [0.5, 0.6) is 0 Å². The van der Waals surface area contributed by atoms with Crippen LogP contribution in [0.4, 0.5) is 0 Å². The number of thiophene rings is 1. The lowest BCUT2D eigenvalue weighted by atomic mass is 9.86. The fourth-order valence-corrected chi connectivity index (χ4v) is 3.67. The predicted molar refractivity (Wildman–Crippen MR) is 80.7 cm³/mol. The van der Waals surface area contributed by atoms with E-state index in [1.165, 1.54) is 11.3 Å². The van der Waals surface area contributed by atoms with Gasteiger partial charge in [0.05, 0.1) is 15.8 Å². The molecule has 0 fully saturated rings. The van der Waals surface area contributed by atoms with E-state index < -0.39 is 11.6 Å². The number of carbonyl (C=O) groups is 2. The van der Waals surface area contributed by atoms with E-state index in [1.54, 1.807) is 18.2 Å². The van der Waals surface area contributed by atoms with Crippen molar-refractivity contribution in [2.24, 2.45) is 0 Å². The van der Waals surface area contributed by atoms with Gasteiger partial charge >= 0.3 is 5.97 Å². The highest BCUT2D eigenvalue weighted by Crippen LogP contribution is 2.33. The Morgan fingerprint density at radius 3 is 2.80 bits per heavy atom. The number of halogens is 1. The highest BCUT2D eigenvalue weighted by atomic mass is 79.9. The minimum Gasteiger partial charge on any atom is -0.446 e. The van der Waals surface area contributed by atoms with E-state index in [1.807, 2.05) is 23.6 Å². The van der Waals surface area contributed by atoms with Crippen LogP contribution in [-0.2, 0) is 11.2 Å². The van der Waals surface area contributed by atoms with Crippen molar-refractivity contribution in [1.82, 2.24) is 0 Å². The van der Waals surface area contributed by atoms with Crippen molar-refractivity contribution >= 4 is 39.0 Å². The summed E-state index contributed by atoms with van der Waals surface area (Å²) < 4.78 is 5.51. The van der Waals surface area contributed by atoms with Gasteiger partial charge in [0.15, 0.2) is 5.60 Å². The van der Waals surface area contributed by atoms with Crippen molar-refractivity contribution in [3.8, 4) is 0 Å². The minimum atomic E-state index is -1.14. The number of Topliss-reactive ketones (excluding diaryl/α,β-unsaturated/α-hetero) is 1. The van der Waals surface area contributed by atoms with Crippen molar-refractivity contribution in [3.05, 3.63) is 57.8 Å². The van der Waals surface area contributed by atoms with Gasteiger partial charge in [-0.1, -0.05) is 40.2 Å². The molecule has 3 rings (SSSR count). The normalized spacial score (nSPS) is 21.1. The number of rotatable bonds is 3. The third kappa shape index (κ3) is 2.11. The number of hydrogen-bond acceptors (Lipinski definition) is 4. The Bertz CT molecular complexity index is 666. The molecule has 0 saturated carbocycles. The molecule has 0 amide bonds. The summed E-state index contributed by atoms with van der Waals surface area (Å²) in [5.41, 5.74) is 0.257. The van der Waals surface area contributed by atoms with E-state index in [-0.39, 0.29) is 11.1 Å². The zero-order valence-corrected chi connectivity index (χ0v) is 12.9. The summed E-state index contributed by atoms with van der Waals surface area (Å²) in [6, 6.07) is 10.8. The maximum Gasteiger partial charge on any atom is 0.339 e. The summed E-state index contributed by atoms with van der Waals surface area (Å²) >= 11 is 4.70. The molecule has 0 aliphatic carbocycles. The van der Waals surface area contributed by atoms with Crippen molar-refractivity contribution in [1.29, 1.82) is 0 Å².